The predicted molar refractivity (Wildman–Crippen MR) is 61.7 cm³/mol. The van der Waals surface area contributed by atoms with Crippen LogP contribution in [0.4, 0.5) is 4.79 Å². The molecule has 0 bridgehead atoms. The lowest BCUT2D eigenvalue weighted by molar-refractivity contribution is 0.199. The van der Waals surface area contributed by atoms with Gasteiger partial charge >= 0.3 is 6.03 Å². The summed E-state index contributed by atoms with van der Waals surface area (Å²) in [4.78, 5) is 12.9. The fourth-order valence-corrected chi connectivity index (χ4v) is 4.41. The zero-order valence-corrected chi connectivity index (χ0v) is 10.5. The maximum atomic E-state index is 11.8. The van der Waals surface area contributed by atoms with Gasteiger partial charge in [0, 0.05) is 30.9 Å². The Morgan fingerprint density at radius 3 is 2.80 bits per heavy atom. The van der Waals surface area contributed by atoms with E-state index >= 15 is 0 Å². The van der Waals surface area contributed by atoms with Gasteiger partial charge in [0.2, 0.25) is 0 Å². The third kappa shape index (κ3) is 2.78. The summed E-state index contributed by atoms with van der Waals surface area (Å²) in [6.45, 7) is 2.10. The summed E-state index contributed by atoms with van der Waals surface area (Å²) in [6, 6.07) is -0.308. The number of carbonyl (C=O) groups is 1. The van der Waals surface area contributed by atoms with Crippen molar-refractivity contribution in [2.24, 2.45) is 0 Å². The number of urea groups is 1. The van der Waals surface area contributed by atoms with E-state index in [-0.39, 0.29) is 11.8 Å². The number of nitrogens with one attached hydrogen (secondary N) is 1. The minimum absolute atomic E-state index is 0.0751. The van der Waals surface area contributed by atoms with E-state index in [9.17, 15) is 13.2 Å². The molecule has 15 heavy (non-hydrogen) atoms. The summed E-state index contributed by atoms with van der Waals surface area (Å²) in [6.07, 6.45) is 0. The SMILES string of the molecule is CCS(=O)(=O)C1CSCCN1C(=O)NC. The molecule has 1 unspecified atom stereocenters. The third-order valence-electron chi connectivity index (χ3n) is 2.38. The molecule has 1 fully saturated rings. The Morgan fingerprint density at radius 2 is 2.27 bits per heavy atom. The first-order valence-electron chi connectivity index (χ1n) is 4.80. The van der Waals surface area contributed by atoms with Crippen molar-refractivity contribution in [1.29, 1.82) is 0 Å². The minimum Gasteiger partial charge on any atom is -0.341 e. The third-order valence-corrected chi connectivity index (χ3v) is 5.66. The smallest absolute Gasteiger partial charge is 0.318 e. The highest BCUT2D eigenvalue weighted by molar-refractivity contribution is 8.01. The van der Waals surface area contributed by atoms with Gasteiger partial charge < -0.3 is 10.2 Å². The molecule has 1 saturated heterocycles. The van der Waals surface area contributed by atoms with Crippen molar-refractivity contribution in [2.45, 2.75) is 12.3 Å². The summed E-state index contributed by atoms with van der Waals surface area (Å²) < 4.78 is 23.5. The number of thioether (sulfide) groups is 1. The standard InChI is InChI=1S/C8H16N2O3S2/c1-3-15(12,13)7-6-14-5-4-10(7)8(11)9-2/h7H,3-6H2,1-2H3,(H,9,11). The Kier molecular flexibility index (Phi) is 4.27. The normalized spacial score (nSPS) is 22.5. The molecule has 1 aliphatic heterocycles. The lowest BCUT2D eigenvalue weighted by atomic mass is 10.5. The highest BCUT2D eigenvalue weighted by atomic mass is 32.2. The van der Waals surface area contributed by atoms with Crippen LogP contribution in [0.15, 0.2) is 0 Å². The zero-order valence-electron chi connectivity index (χ0n) is 8.89. The molecule has 88 valence electrons. The second kappa shape index (κ2) is 5.07. The Balaban J connectivity index is 2.88. The molecule has 0 aliphatic carbocycles. The molecule has 1 heterocycles. The zero-order chi connectivity index (χ0) is 11.5. The molecule has 0 saturated carbocycles. The quantitative estimate of drug-likeness (QED) is 0.759. The van der Waals surface area contributed by atoms with Gasteiger partial charge in [0.15, 0.2) is 9.84 Å². The van der Waals surface area contributed by atoms with Gasteiger partial charge in [-0.3, -0.25) is 0 Å². The molecule has 1 rings (SSSR count). The maximum Gasteiger partial charge on any atom is 0.318 e. The molecular weight excluding hydrogens is 236 g/mol. The van der Waals surface area contributed by atoms with E-state index in [0.717, 1.165) is 5.75 Å². The second-order valence-corrected chi connectivity index (χ2v) is 6.83. The number of amides is 2. The van der Waals surface area contributed by atoms with E-state index in [1.54, 1.807) is 18.7 Å². The van der Waals surface area contributed by atoms with Gasteiger partial charge in [-0.15, -0.1) is 0 Å². The average molecular weight is 252 g/mol. The van der Waals surface area contributed by atoms with Crippen molar-refractivity contribution in [3.63, 3.8) is 0 Å². The summed E-state index contributed by atoms with van der Waals surface area (Å²) in [5.74, 6) is 1.35. The van der Waals surface area contributed by atoms with Crippen molar-refractivity contribution in [1.82, 2.24) is 10.2 Å². The van der Waals surface area contributed by atoms with Crippen LogP contribution in [0.5, 0.6) is 0 Å². The van der Waals surface area contributed by atoms with Gasteiger partial charge in [0.1, 0.15) is 5.37 Å². The fourth-order valence-electron chi connectivity index (χ4n) is 1.45. The van der Waals surface area contributed by atoms with Crippen molar-refractivity contribution in [2.75, 3.05) is 30.9 Å². The number of nitrogens with zero attached hydrogens (tertiary/aromatic N) is 1. The van der Waals surface area contributed by atoms with Crippen LogP contribution in [-0.4, -0.2) is 55.6 Å². The number of hydrogen-bond donors (Lipinski definition) is 1. The minimum atomic E-state index is -3.18. The number of sulfone groups is 1. The van der Waals surface area contributed by atoms with Crippen molar-refractivity contribution in [3.05, 3.63) is 0 Å². The molecule has 2 amide bonds. The van der Waals surface area contributed by atoms with E-state index in [0.29, 0.717) is 12.3 Å². The van der Waals surface area contributed by atoms with Crippen molar-refractivity contribution in [3.8, 4) is 0 Å². The highest BCUT2D eigenvalue weighted by Gasteiger charge is 2.35. The molecule has 1 aliphatic rings. The molecule has 0 aromatic rings. The first kappa shape index (κ1) is 12.6. The molecular formula is C8H16N2O3S2. The first-order chi connectivity index (χ1) is 7.03. The van der Waals surface area contributed by atoms with Crippen molar-refractivity contribution >= 4 is 27.6 Å². The topological polar surface area (TPSA) is 66.5 Å². The van der Waals surface area contributed by atoms with Gasteiger partial charge in [-0.1, -0.05) is 6.92 Å². The first-order valence-corrected chi connectivity index (χ1v) is 7.67. The van der Waals surface area contributed by atoms with Crippen LogP contribution in [0, 0.1) is 0 Å². The fraction of sp³-hybridized carbons (Fsp3) is 0.875. The van der Waals surface area contributed by atoms with Crippen LogP contribution < -0.4 is 5.32 Å². The Morgan fingerprint density at radius 1 is 1.60 bits per heavy atom. The summed E-state index contributed by atoms with van der Waals surface area (Å²) in [7, 11) is -1.67. The van der Waals surface area contributed by atoms with E-state index in [2.05, 4.69) is 5.32 Å². The maximum absolute atomic E-state index is 11.8. The largest absolute Gasteiger partial charge is 0.341 e. The summed E-state index contributed by atoms with van der Waals surface area (Å²) >= 11 is 1.58. The van der Waals surface area contributed by atoms with Gasteiger partial charge in [-0.25, -0.2) is 13.2 Å². The Hall–Kier alpha value is -0.430. The van der Waals surface area contributed by atoms with E-state index in [1.165, 1.54) is 11.9 Å². The van der Waals surface area contributed by atoms with Gasteiger partial charge in [-0.05, 0) is 0 Å². The molecule has 7 heteroatoms. The molecule has 0 aromatic heterocycles. The molecule has 5 nitrogen and oxygen atoms in total. The number of rotatable bonds is 2. The van der Waals surface area contributed by atoms with Gasteiger partial charge in [0.25, 0.3) is 0 Å². The molecule has 0 aromatic carbocycles. The van der Waals surface area contributed by atoms with Gasteiger partial charge in [-0.2, -0.15) is 11.8 Å². The molecule has 0 spiro atoms. The van der Waals surface area contributed by atoms with Crippen LogP contribution in [0.25, 0.3) is 0 Å². The predicted octanol–water partition coefficient (Wildman–Crippen LogP) is 0.135. The van der Waals surface area contributed by atoms with Crippen LogP contribution >= 0.6 is 11.8 Å². The molecule has 0 radical (unpaired) electrons. The lowest BCUT2D eigenvalue weighted by Crippen LogP contribution is -2.53. The van der Waals surface area contributed by atoms with E-state index < -0.39 is 15.2 Å². The van der Waals surface area contributed by atoms with E-state index in [1.807, 2.05) is 0 Å². The van der Waals surface area contributed by atoms with Crippen LogP contribution in [0.3, 0.4) is 0 Å². The Bertz CT molecular complexity index is 329. The van der Waals surface area contributed by atoms with Crippen LogP contribution in [0.2, 0.25) is 0 Å². The van der Waals surface area contributed by atoms with Crippen molar-refractivity contribution < 1.29 is 13.2 Å². The summed E-state index contributed by atoms with van der Waals surface area (Å²) in [5.41, 5.74) is 0. The second-order valence-electron chi connectivity index (χ2n) is 3.23. The average Bonchev–Trinajstić information content (AvgIpc) is 2.28. The number of carbonyl (C=O) groups excluding carboxylic acids is 1. The molecule has 1 atom stereocenters. The van der Waals surface area contributed by atoms with E-state index in [4.69, 9.17) is 0 Å². The number of hydrogen-bond acceptors (Lipinski definition) is 4. The monoisotopic (exact) mass is 252 g/mol. The summed E-state index contributed by atoms with van der Waals surface area (Å²) in [5, 5.41) is 1.81. The highest BCUT2D eigenvalue weighted by Crippen LogP contribution is 2.21. The van der Waals surface area contributed by atoms with Gasteiger partial charge in [0.05, 0.1) is 0 Å². The Labute approximate surface area is 94.5 Å². The lowest BCUT2D eigenvalue weighted by Gasteiger charge is -2.34. The van der Waals surface area contributed by atoms with Crippen LogP contribution in [0.1, 0.15) is 6.92 Å². The van der Waals surface area contributed by atoms with Crippen LogP contribution in [-0.2, 0) is 9.84 Å². The molecule has 1 N–H and O–H groups in total.